The van der Waals surface area contributed by atoms with E-state index in [1.165, 1.54) is 7.11 Å². The van der Waals surface area contributed by atoms with Crippen LogP contribution in [0.3, 0.4) is 0 Å². The molecule has 0 radical (unpaired) electrons. The van der Waals surface area contributed by atoms with E-state index in [9.17, 15) is 9.90 Å². The second-order valence-electron chi connectivity index (χ2n) is 3.99. The Morgan fingerprint density at radius 2 is 2.00 bits per heavy atom. The van der Waals surface area contributed by atoms with Gasteiger partial charge in [0.2, 0.25) is 0 Å². The van der Waals surface area contributed by atoms with Crippen LogP contribution >= 0.6 is 0 Å². The maximum Gasteiger partial charge on any atom is 0.337 e. The number of carbonyl (C=O) groups excluding carboxylic acids is 1. The maximum atomic E-state index is 11.2. The van der Waals surface area contributed by atoms with Crippen molar-refractivity contribution in [1.29, 1.82) is 0 Å². The quantitative estimate of drug-likeness (QED) is 0.736. The molecule has 1 atom stereocenters. The van der Waals surface area contributed by atoms with Gasteiger partial charge in [-0.2, -0.15) is 0 Å². The van der Waals surface area contributed by atoms with Crippen LogP contribution in [0.1, 0.15) is 22.8 Å². The van der Waals surface area contributed by atoms with E-state index >= 15 is 0 Å². The van der Waals surface area contributed by atoms with Crippen LogP contribution in [-0.2, 0) is 10.2 Å². The lowest BCUT2D eigenvalue weighted by molar-refractivity contribution is 0.0600. The minimum absolute atomic E-state index is 0.0267. The molecule has 0 aromatic heterocycles. The molecule has 1 aromatic carbocycles. The number of esters is 1. The number of hydrogen-bond acceptors (Lipinski definition) is 4. The summed E-state index contributed by atoms with van der Waals surface area (Å²) in [4.78, 5) is 11.2. The van der Waals surface area contributed by atoms with Crippen molar-refractivity contribution in [3.63, 3.8) is 0 Å². The second-order valence-corrected chi connectivity index (χ2v) is 3.99. The van der Waals surface area contributed by atoms with Gasteiger partial charge in [-0.15, -0.1) is 0 Å². The van der Waals surface area contributed by atoms with Crippen LogP contribution in [0.2, 0.25) is 0 Å². The predicted octanol–water partition coefficient (Wildman–Crippen LogP) is 0.682. The SMILES string of the molecule is COC(=O)c1ccc(C(C)(CN)CO)cc1. The van der Waals surface area contributed by atoms with Gasteiger partial charge < -0.3 is 15.6 Å². The van der Waals surface area contributed by atoms with Gasteiger partial charge in [0.1, 0.15) is 0 Å². The Bertz CT molecular complexity index is 355. The van der Waals surface area contributed by atoms with Gasteiger partial charge >= 0.3 is 5.97 Å². The predicted molar refractivity (Wildman–Crippen MR) is 61.3 cm³/mol. The minimum atomic E-state index is -0.464. The van der Waals surface area contributed by atoms with Gasteiger partial charge in [0.25, 0.3) is 0 Å². The minimum Gasteiger partial charge on any atom is -0.465 e. The lowest BCUT2D eigenvalue weighted by Gasteiger charge is -2.25. The molecule has 0 saturated heterocycles. The Morgan fingerprint density at radius 3 is 2.38 bits per heavy atom. The Kier molecular flexibility index (Phi) is 4.04. The fourth-order valence-corrected chi connectivity index (χ4v) is 1.40. The number of methoxy groups -OCH3 is 1. The highest BCUT2D eigenvalue weighted by Crippen LogP contribution is 2.22. The second kappa shape index (κ2) is 5.09. The average molecular weight is 223 g/mol. The number of rotatable bonds is 4. The average Bonchev–Trinajstić information content (AvgIpc) is 2.37. The van der Waals surface area contributed by atoms with Gasteiger partial charge in [0.05, 0.1) is 19.3 Å². The molecule has 0 bridgehead atoms. The third-order valence-corrected chi connectivity index (χ3v) is 2.80. The summed E-state index contributed by atoms with van der Waals surface area (Å²) in [5.41, 5.74) is 6.56. The van der Waals surface area contributed by atoms with Gasteiger partial charge in [0.15, 0.2) is 0 Å². The van der Waals surface area contributed by atoms with Crippen molar-refractivity contribution in [2.75, 3.05) is 20.3 Å². The van der Waals surface area contributed by atoms with Crippen LogP contribution in [-0.4, -0.2) is 31.3 Å². The van der Waals surface area contributed by atoms with Crippen LogP contribution in [0, 0.1) is 0 Å². The molecule has 0 aliphatic heterocycles. The molecule has 0 spiro atoms. The molecule has 1 unspecified atom stereocenters. The molecular formula is C12H17NO3. The number of aliphatic hydroxyl groups excluding tert-OH is 1. The van der Waals surface area contributed by atoms with Gasteiger partial charge in [-0.1, -0.05) is 19.1 Å². The van der Waals surface area contributed by atoms with E-state index < -0.39 is 5.41 Å². The van der Waals surface area contributed by atoms with Gasteiger partial charge in [-0.05, 0) is 17.7 Å². The summed E-state index contributed by atoms with van der Waals surface area (Å²) >= 11 is 0. The van der Waals surface area contributed by atoms with E-state index in [0.29, 0.717) is 12.1 Å². The zero-order chi connectivity index (χ0) is 12.2. The van der Waals surface area contributed by atoms with E-state index in [4.69, 9.17) is 5.73 Å². The number of benzene rings is 1. The molecule has 0 fully saturated rings. The zero-order valence-electron chi connectivity index (χ0n) is 9.56. The molecule has 4 nitrogen and oxygen atoms in total. The number of carbonyl (C=O) groups is 1. The largest absolute Gasteiger partial charge is 0.465 e. The Labute approximate surface area is 95.0 Å². The normalized spacial score (nSPS) is 14.2. The number of nitrogens with two attached hydrogens (primary N) is 1. The molecule has 3 N–H and O–H groups in total. The topological polar surface area (TPSA) is 72.5 Å². The van der Waals surface area contributed by atoms with E-state index in [1.54, 1.807) is 24.3 Å². The molecule has 1 rings (SSSR count). The molecule has 0 amide bonds. The summed E-state index contributed by atoms with van der Waals surface area (Å²) in [5.74, 6) is -0.370. The molecule has 0 aliphatic carbocycles. The van der Waals surface area contributed by atoms with E-state index in [1.807, 2.05) is 6.92 Å². The maximum absolute atomic E-state index is 11.2. The Hall–Kier alpha value is -1.39. The number of hydrogen-bond donors (Lipinski definition) is 2. The first-order chi connectivity index (χ1) is 7.57. The third-order valence-electron chi connectivity index (χ3n) is 2.80. The first-order valence-corrected chi connectivity index (χ1v) is 5.07. The van der Waals surface area contributed by atoms with Crippen LogP contribution in [0.5, 0.6) is 0 Å². The van der Waals surface area contributed by atoms with Crippen LogP contribution < -0.4 is 5.73 Å². The summed E-state index contributed by atoms with van der Waals surface area (Å²) < 4.78 is 4.60. The molecule has 0 saturated carbocycles. The lowest BCUT2D eigenvalue weighted by Crippen LogP contribution is -2.35. The molecule has 0 aliphatic rings. The zero-order valence-corrected chi connectivity index (χ0v) is 9.56. The number of ether oxygens (including phenoxy) is 1. The smallest absolute Gasteiger partial charge is 0.337 e. The van der Waals surface area contributed by atoms with Crippen LogP contribution in [0.4, 0.5) is 0 Å². The fourth-order valence-electron chi connectivity index (χ4n) is 1.40. The van der Waals surface area contributed by atoms with E-state index in [-0.39, 0.29) is 12.6 Å². The van der Waals surface area contributed by atoms with Crippen molar-refractivity contribution in [1.82, 2.24) is 0 Å². The molecule has 88 valence electrons. The van der Waals surface area contributed by atoms with Gasteiger partial charge in [-0.3, -0.25) is 0 Å². The van der Waals surface area contributed by atoms with Crippen LogP contribution in [0.25, 0.3) is 0 Å². The summed E-state index contributed by atoms with van der Waals surface area (Å²) in [6.07, 6.45) is 0. The standard InChI is InChI=1S/C12H17NO3/c1-12(7-13,8-14)10-5-3-9(4-6-10)11(15)16-2/h3-6,14H,7-8,13H2,1-2H3. The fraction of sp³-hybridized carbons (Fsp3) is 0.417. The Balaban J connectivity index is 2.98. The summed E-state index contributed by atoms with van der Waals surface area (Å²) in [6, 6.07) is 6.92. The van der Waals surface area contributed by atoms with E-state index in [0.717, 1.165) is 5.56 Å². The van der Waals surface area contributed by atoms with Crippen molar-refractivity contribution < 1.29 is 14.6 Å². The van der Waals surface area contributed by atoms with Crippen molar-refractivity contribution in [3.8, 4) is 0 Å². The van der Waals surface area contributed by atoms with Crippen molar-refractivity contribution in [2.45, 2.75) is 12.3 Å². The van der Waals surface area contributed by atoms with Crippen molar-refractivity contribution >= 4 is 5.97 Å². The monoisotopic (exact) mass is 223 g/mol. The van der Waals surface area contributed by atoms with Gasteiger partial charge in [-0.25, -0.2) is 4.79 Å². The highest BCUT2D eigenvalue weighted by atomic mass is 16.5. The van der Waals surface area contributed by atoms with E-state index in [2.05, 4.69) is 4.74 Å². The van der Waals surface area contributed by atoms with Gasteiger partial charge in [0, 0.05) is 12.0 Å². The first-order valence-electron chi connectivity index (χ1n) is 5.07. The molecule has 1 aromatic rings. The van der Waals surface area contributed by atoms with Crippen molar-refractivity contribution in [2.24, 2.45) is 5.73 Å². The molecule has 0 heterocycles. The molecule has 4 heteroatoms. The summed E-state index contributed by atoms with van der Waals surface area (Å²) in [7, 11) is 1.34. The number of aliphatic hydroxyl groups is 1. The molecule has 16 heavy (non-hydrogen) atoms. The lowest BCUT2D eigenvalue weighted by atomic mass is 9.83. The van der Waals surface area contributed by atoms with Crippen LogP contribution in [0.15, 0.2) is 24.3 Å². The summed E-state index contributed by atoms with van der Waals surface area (Å²) in [5, 5.41) is 9.29. The molecular weight excluding hydrogens is 206 g/mol. The highest BCUT2D eigenvalue weighted by molar-refractivity contribution is 5.89. The third kappa shape index (κ3) is 2.40. The highest BCUT2D eigenvalue weighted by Gasteiger charge is 2.24. The summed E-state index contributed by atoms with van der Waals surface area (Å²) in [6.45, 7) is 2.20. The van der Waals surface area contributed by atoms with Crippen molar-refractivity contribution in [3.05, 3.63) is 35.4 Å². The first kappa shape index (κ1) is 12.7. The Morgan fingerprint density at radius 1 is 1.44 bits per heavy atom.